The summed E-state index contributed by atoms with van der Waals surface area (Å²) >= 11 is 17.5. The average molecular weight is 261 g/mol. The number of fused-ring (bicyclic) bond motifs is 1. The zero-order valence-electron chi connectivity index (χ0n) is 7.51. The van der Waals surface area contributed by atoms with Gasteiger partial charge in [0.15, 0.2) is 5.75 Å². The third kappa shape index (κ3) is 2.00. The number of halogens is 3. The normalized spacial score (nSPS) is 11.9. The summed E-state index contributed by atoms with van der Waals surface area (Å²) in [6.07, 6.45) is 0. The first kappa shape index (κ1) is 10.9. The van der Waals surface area contributed by atoms with E-state index < -0.39 is 3.79 Å². The summed E-state index contributed by atoms with van der Waals surface area (Å²) in [4.78, 5) is 0. The molecule has 0 fully saturated rings. The predicted octanol–water partition coefficient (Wildman–Crippen LogP) is 4.81. The average Bonchev–Trinajstić information content (AvgIpc) is 2.16. The monoisotopic (exact) mass is 259 g/mol. The first-order valence-electron chi connectivity index (χ1n) is 4.26. The van der Waals surface area contributed by atoms with E-state index in [2.05, 4.69) is 0 Å². The van der Waals surface area contributed by atoms with Crippen LogP contribution in [0.25, 0.3) is 10.8 Å². The molecule has 1 nitrogen and oxygen atoms in total. The summed E-state index contributed by atoms with van der Waals surface area (Å²) < 4.78 is -1.51. The van der Waals surface area contributed by atoms with Crippen molar-refractivity contribution in [2.75, 3.05) is 0 Å². The third-order valence-corrected chi connectivity index (χ3v) is 2.80. The van der Waals surface area contributed by atoms with Crippen LogP contribution in [0, 0.1) is 0 Å². The fourth-order valence-corrected chi connectivity index (χ4v) is 2.02. The van der Waals surface area contributed by atoms with Crippen LogP contribution < -0.4 is 0 Å². The molecule has 0 saturated heterocycles. The highest BCUT2D eigenvalue weighted by molar-refractivity contribution is 6.67. The smallest absolute Gasteiger partial charge is 0.216 e. The van der Waals surface area contributed by atoms with E-state index in [4.69, 9.17) is 34.8 Å². The van der Waals surface area contributed by atoms with Gasteiger partial charge in [-0.1, -0.05) is 65.1 Å². The Bertz CT molecular complexity index is 503. The van der Waals surface area contributed by atoms with Gasteiger partial charge in [0.1, 0.15) is 0 Å². The number of alkyl halides is 3. The van der Waals surface area contributed by atoms with Gasteiger partial charge in [0.25, 0.3) is 0 Å². The van der Waals surface area contributed by atoms with Gasteiger partial charge in [-0.2, -0.15) is 0 Å². The van der Waals surface area contributed by atoms with Crippen molar-refractivity contribution in [2.24, 2.45) is 0 Å². The second kappa shape index (κ2) is 3.75. The lowest BCUT2D eigenvalue weighted by Crippen LogP contribution is -2.00. The van der Waals surface area contributed by atoms with Crippen molar-refractivity contribution < 1.29 is 5.11 Å². The van der Waals surface area contributed by atoms with Crippen LogP contribution in [0.5, 0.6) is 5.75 Å². The van der Waals surface area contributed by atoms with Gasteiger partial charge in [0.05, 0.1) is 0 Å². The van der Waals surface area contributed by atoms with Crippen molar-refractivity contribution in [1.82, 2.24) is 0 Å². The molecular formula is C11H6Cl3O. The maximum absolute atomic E-state index is 11.5. The Morgan fingerprint density at radius 1 is 0.867 bits per heavy atom. The summed E-state index contributed by atoms with van der Waals surface area (Å²) in [5, 5.41) is 12.8. The summed E-state index contributed by atoms with van der Waals surface area (Å²) in [5.41, 5.74) is 0.530. The van der Waals surface area contributed by atoms with Crippen molar-refractivity contribution in [2.45, 2.75) is 3.79 Å². The molecule has 0 N–H and O–H groups in total. The SMILES string of the molecule is [O]c1cccc2c(C(Cl)(Cl)Cl)cccc12. The van der Waals surface area contributed by atoms with E-state index in [-0.39, 0.29) is 5.75 Å². The second-order valence-corrected chi connectivity index (χ2v) is 5.44. The van der Waals surface area contributed by atoms with Gasteiger partial charge in [0.2, 0.25) is 3.79 Å². The molecule has 0 aromatic heterocycles. The van der Waals surface area contributed by atoms with Gasteiger partial charge >= 0.3 is 0 Å². The topological polar surface area (TPSA) is 19.9 Å². The van der Waals surface area contributed by atoms with E-state index >= 15 is 0 Å². The maximum atomic E-state index is 11.5. The van der Waals surface area contributed by atoms with Crippen LogP contribution in [0.15, 0.2) is 36.4 Å². The van der Waals surface area contributed by atoms with Crippen LogP contribution in [0.1, 0.15) is 5.56 Å². The van der Waals surface area contributed by atoms with Gasteiger partial charge in [-0.25, -0.2) is 0 Å². The van der Waals surface area contributed by atoms with Crippen LogP contribution in [0.4, 0.5) is 0 Å². The molecule has 2 rings (SSSR count). The van der Waals surface area contributed by atoms with Crippen LogP contribution >= 0.6 is 34.8 Å². The fourth-order valence-electron chi connectivity index (χ4n) is 1.53. The van der Waals surface area contributed by atoms with E-state index in [0.29, 0.717) is 16.3 Å². The van der Waals surface area contributed by atoms with Crippen LogP contribution in [-0.4, -0.2) is 0 Å². The molecule has 15 heavy (non-hydrogen) atoms. The lowest BCUT2D eigenvalue weighted by atomic mass is 10.0. The Labute approximate surface area is 102 Å². The van der Waals surface area contributed by atoms with E-state index in [0.717, 1.165) is 0 Å². The highest BCUT2D eigenvalue weighted by Gasteiger charge is 2.25. The summed E-state index contributed by atoms with van der Waals surface area (Å²) in [6.45, 7) is 0. The molecule has 0 spiro atoms. The summed E-state index contributed by atoms with van der Waals surface area (Å²) in [5.74, 6) is -0.0661. The van der Waals surface area contributed by atoms with Gasteiger partial charge in [-0.15, -0.1) is 0 Å². The minimum absolute atomic E-state index is 0.0661. The highest BCUT2D eigenvalue weighted by Crippen LogP contribution is 2.42. The Balaban J connectivity index is 2.83. The maximum Gasteiger partial charge on any atom is 0.216 e. The molecule has 0 amide bonds. The summed E-state index contributed by atoms with van der Waals surface area (Å²) in [7, 11) is 0. The lowest BCUT2D eigenvalue weighted by molar-refractivity contribution is 0.360. The quantitative estimate of drug-likeness (QED) is 0.606. The predicted molar refractivity (Wildman–Crippen MR) is 63.3 cm³/mol. The zero-order chi connectivity index (χ0) is 11.1. The molecule has 0 bridgehead atoms. The van der Waals surface area contributed by atoms with Crippen LogP contribution in [0.2, 0.25) is 0 Å². The molecule has 0 atom stereocenters. The van der Waals surface area contributed by atoms with Crippen molar-refractivity contribution in [1.29, 1.82) is 0 Å². The molecule has 77 valence electrons. The van der Waals surface area contributed by atoms with E-state index in [1.54, 1.807) is 30.3 Å². The first-order chi connectivity index (χ1) is 7.00. The molecule has 4 heteroatoms. The van der Waals surface area contributed by atoms with E-state index in [9.17, 15) is 5.11 Å². The van der Waals surface area contributed by atoms with Crippen molar-refractivity contribution in [3.05, 3.63) is 42.0 Å². The van der Waals surface area contributed by atoms with Gasteiger partial charge < -0.3 is 0 Å². The Kier molecular flexibility index (Phi) is 2.72. The van der Waals surface area contributed by atoms with Gasteiger partial charge in [-0.05, 0) is 11.5 Å². The minimum atomic E-state index is -1.51. The molecule has 0 saturated carbocycles. The first-order valence-corrected chi connectivity index (χ1v) is 5.39. The van der Waals surface area contributed by atoms with Gasteiger partial charge in [0, 0.05) is 10.9 Å². The number of benzene rings is 2. The van der Waals surface area contributed by atoms with E-state index in [1.807, 2.05) is 0 Å². The third-order valence-electron chi connectivity index (χ3n) is 2.19. The number of hydrogen-bond donors (Lipinski definition) is 0. The molecule has 2 aromatic rings. The Morgan fingerprint density at radius 2 is 1.47 bits per heavy atom. The minimum Gasteiger partial charge on any atom is -0.289 e. The van der Waals surface area contributed by atoms with Crippen molar-refractivity contribution >= 4 is 45.6 Å². The molecule has 0 unspecified atom stereocenters. The zero-order valence-corrected chi connectivity index (χ0v) is 9.77. The Hall–Kier alpha value is -0.630. The lowest BCUT2D eigenvalue weighted by Gasteiger charge is -2.14. The molecular weight excluding hydrogens is 254 g/mol. The van der Waals surface area contributed by atoms with Crippen molar-refractivity contribution in [3.63, 3.8) is 0 Å². The number of hydrogen-bond acceptors (Lipinski definition) is 0. The standard InChI is InChI=1S/C11H6Cl3O/c12-11(13,14)9-5-1-4-8-7(9)3-2-6-10(8)15/h1-6H. The Morgan fingerprint density at radius 3 is 2.13 bits per heavy atom. The summed E-state index contributed by atoms with van der Waals surface area (Å²) in [6, 6.07) is 10.1. The van der Waals surface area contributed by atoms with E-state index in [1.165, 1.54) is 6.07 Å². The van der Waals surface area contributed by atoms with Crippen molar-refractivity contribution in [3.8, 4) is 5.75 Å². The second-order valence-electron chi connectivity index (χ2n) is 3.15. The van der Waals surface area contributed by atoms with Gasteiger partial charge in [-0.3, -0.25) is 5.11 Å². The molecule has 0 aliphatic carbocycles. The van der Waals surface area contributed by atoms with Crippen LogP contribution in [0.3, 0.4) is 0 Å². The molecule has 0 heterocycles. The van der Waals surface area contributed by atoms with Crippen LogP contribution in [-0.2, 0) is 8.90 Å². The highest BCUT2D eigenvalue weighted by atomic mass is 35.6. The molecule has 2 aromatic carbocycles. The largest absolute Gasteiger partial charge is 0.289 e. The fraction of sp³-hybridized carbons (Fsp3) is 0.0909. The molecule has 0 aliphatic heterocycles. The molecule has 1 radical (unpaired) electrons. The molecule has 0 aliphatic rings. The number of rotatable bonds is 0.